The molecule has 0 atom stereocenters. The Bertz CT molecular complexity index is 931. The minimum atomic E-state index is -0.557. The van der Waals surface area contributed by atoms with Crippen molar-refractivity contribution in [3.63, 3.8) is 0 Å². The fourth-order valence-corrected chi connectivity index (χ4v) is 3.50. The van der Waals surface area contributed by atoms with E-state index < -0.39 is 11.7 Å². The average molecular weight is 391 g/mol. The summed E-state index contributed by atoms with van der Waals surface area (Å²) in [6, 6.07) is 13.5. The molecule has 0 aliphatic heterocycles. The van der Waals surface area contributed by atoms with E-state index in [2.05, 4.69) is 15.5 Å². The van der Waals surface area contributed by atoms with E-state index in [1.54, 1.807) is 10.6 Å². The van der Waals surface area contributed by atoms with Gasteiger partial charge in [-0.3, -0.25) is 4.79 Å². The molecule has 3 rings (SSSR count). The zero-order valence-electron chi connectivity index (χ0n) is 13.9. The van der Waals surface area contributed by atoms with Crippen LogP contribution in [0.1, 0.15) is 21.7 Å². The van der Waals surface area contributed by atoms with Gasteiger partial charge in [0.1, 0.15) is 5.82 Å². The maximum Gasteiger partial charge on any atom is 0.254 e. The van der Waals surface area contributed by atoms with E-state index in [0.29, 0.717) is 21.8 Å². The average Bonchev–Trinajstić information content (AvgIpc) is 2.99. The molecule has 0 radical (unpaired) electrons. The number of hydrogen-bond donors (Lipinski definition) is 1. The number of thioether (sulfide) groups is 1. The first-order valence-corrected chi connectivity index (χ1v) is 9.20. The Hall–Kier alpha value is -2.38. The largest absolute Gasteiger partial charge is 0.345 e. The van der Waals surface area contributed by atoms with Gasteiger partial charge in [-0.1, -0.05) is 53.7 Å². The molecule has 0 saturated carbocycles. The smallest absolute Gasteiger partial charge is 0.254 e. The molecule has 1 amide bonds. The van der Waals surface area contributed by atoms with Gasteiger partial charge >= 0.3 is 0 Å². The van der Waals surface area contributed by atoms with Gasteiger partial charge in [0, 0.05) is 17.8 Å². The molecule has 0 unspecified atom stereocenters. The highest BCUT2D eigenvalue weighted by molar-refractivity contribution is 7.98. The summed E-state index contributed by atoms with van der Waals surface area (Å²) in [4.78, 5) is 12.1. The van der Waals surface area contributed by atoms with Gasteiger partial charge in [-0.15, -0.1) is 10.2 Å². The number of carbonyl (C=O) groups excluding carboxylic acids is 1. The highest BCUT2D eigenvalue weighted by Crippen LogP contribution is 2.25. The van der Waals surface area contributed by atoms with E-state index in [1.807, 2.05) is 31.3 Å². The molecule has 2 aromatic carbocycles. The lowest BCUT2D eigenvalue weighted by Crippen LogP contribution is -2.25. The fourth-order valence-electron chi connectivity index (χ4n) is 2.28. The molecule has 5 nitrogen and oxygen atoms in total. The number of nitrogens with zero attached hydrogens (tertiary/aromatic N) is 3. The third kappa shape index (κ3) is 4.23. The van der Waals surface area contributed by atoms with E-state index >= 15 is 0 Å². The summed E-state index contributed by atoms with van der Waals surface area (Å²) in [7, 11) is 1.82. The molecule has 1 N–H and O–H groups in total. The summed E-state index contributed by atoms with van der Waals surface area (Å²) in [5, 5.41) is 12.3. The van der Waals surface area contributed by atoms with E-state index in [-0.39, 0.29) is 12.1 Å². The first-order valence-electron chi connectivity index (χ1n) is 7.83. The van der Waals surface area contributed by atoms with Crippen molar-refractivity contribution in [1.82, 2.24) is 20.1 Å². The first-order chi connectivity index (χ1) is 12.6. The van der Waals surface area contributed by atoms with Crippen LogP contribution in [0.4, 0.5) is 4.39 Å². The second-order valence-corrected chi connectivity index (χ2v) is 6.85. The normalized spacial score (nSPS) is 10.7. The summed E-state index contributed by atoms with van der Waals surface area (Å²) in [6.45, 7) is 0.156. The van der Waals surface area contributed by atoms with Crippen LogP contribution in [0.15, 0.2) is 53.7 Å². The van der Waals surface area contributed by atoms with Gasteiger partial charge in [-0.2, -0.15) is 0 Å². The van der Waals surface area contributed by atoms with Crippen molar-refractivity contribution < 1.29 is 9.18 Å². The lowest BCUT2D eigenvalue weighted by molar-refractivity contribution is 0.0945. The van der Waals surface area contributed by atoms with E-state index in [4.69, 9.17) is 11.6 Å². The molecule has 0 bridgehead atoms. The molecule has 26 heavy (non-hydrogen) atoms. The summed E-state index contributed by atoms with van der Waals surface area (Å²) < 4.78 is 15.4. The topological polar surface area (TPSA) is 59.8 Å². The van der Waals surface area contributed by atoms with Gasteiger partial charge in [-0.05, 0) is 23.8 Å². The van der Waals surface area contributed by atoms with Gasteiger partial charge in [0.05, 0.1) is 12.1 Å². The van der Waals surface area contributed by atoms with E-state index in [0.717, 1.165) is 5.56 Å². The predicted octanol–water partition coefficient (Wildman–Crippen LogP) is 3.83. The van der Waals surface area contributed by atoms with Crippen LogP contribution in [-0.4, -0.2) is 20.7 Å². The number of rotatable bonds is 6. The van der Waals surface area contributed by atoms with Crippen LogP contribution in [0.5, 0.6) is 0 Å². The van der Waals surface area contributed by atoms with E-state index in [9.17, 15) is 9.18 Å². The quantitative estimate of drug-likeness (QED) is 0.650. The second kappa shape index (κ2) is 8.33. The standard InChI is InChI=1S/C18H16ClFN4OS/c1-24-16(10-21-17(25)13-7-3-5-9-15(13)20)22-23-18(24)26-11-12-6-2-4-8-14(12)19/h2-9H,10-11H2,1H3,(H,21,25). The van der Waals surface area contributed by atoms with Crippen LogP contribution in [-0.2, 0) is 19.3 Å². The molecule has 0 aliphatic rings. The molecule has 0 fully saturated rings. The Morgan fingerprint density at radius 2 is 1.92 bits per heavy atom. The molecule has 8 heteroatoms. The van der Waals surface area contributed by atoms with Gasteiger partial charge in [0.25, 0.3) is 5.91 Å². The Balaban J connectivity index is 1.61. The van der Waals surface area contributed by atoms with Crippen molar-refractivity contribution >= 4 is 29.3 Å². The van der Waals surface area contributed by atoms with E-state index in [1.165, 1.54) is 30.0 Å². The summed E-state index contributed by atoms with van der Waals surface area (Å²) in [6.07, 6.45) is 0. The third-order valence-corrected chi connectivity index (χ3v) is 5.20. The summed E-state index contributed by atoms with van der Waals surface area (Å²) >= 11 is 7.66. The fraction of sp³-hybridized carbons (Fsp3) is 0.167. The van der Waals surface area contributed by atoms with Gasteiger partial charge in [0.15, 0.2) is 11.0 Å². The number of hydrogen-bond acceptors (Lipinski definition) is 4. The van der Waals surface area contributed by atoms with Crippen molar-refractivity contribution in [3.05, 3.63) is 76.3 Å². The van der Waals surface area contributed by atoms with Crippen LogP contribution in [0.3, 0.4) is 0 Å². The molecule has 0 spiro atoms. The van der Waals surface area contributed by atoms with Crippen molar-refractivity contribution in [2.24, 2.45) is 7.05 Å². The first kappa shape index (κ1) is 18.4. The van der Waals surface area contributed by atoms with Gasteiger partial charge in [0.2, 0.25) is 0 Å². The Morgan fingerprint density at radius 3 is 2.69 bits per heavy atom. The van der Waals surface area contributed by atoms with Crippen molar-refractivity contribution in [2.75, 3.05) is 0 Å². The molecule has 134 valence electrons. The molecular weight excluding hydrogens is 375 g/mol. The second-order valence-electron chi connectivity index (χ2n) is 5.50. The van der Waals surface area contributed by atoms with Gasteiger partial charge in [-0.25, -0.2) is 4.39 Å². The molecule has 0 saturated heterocycles. The molecule has 0 aliphatic carbocycles. The van der Waals surface area contributed by atoms with Crippen molar-refractivity contribution in [3.8, 4) is 0 Å². The maximum absolute atomic E-state index is 13.6. The number of carbonyl (C=O) groups is 1. The number of nitrogens with one attached hydrogen (secondary N) is 1. The number of amides is 1. The van der Waals surface area contributed by atoms with Gasteiger partial charge < -0.3 is 9.88 Å². The minimum absolute atomic E-state index is 0.00277. The maximum atomic E-state index is 13.6. The molecule has 1 aromatic heterocycles. The summed E-state index contributed by atoms with van der Waals surface area (Å²) in [5.74, 6) is 0.194. The molecule has 3 aromatic rings. The monoisotopic (exact) mass is 390 g/mol. The molecular formula is C18H16ClFN4OS. The SMILES string of the molecule is Cn1c(CNC(=O)c2ccccc2F)nnc1SCc1ccccc1Cl. The van der Waals surface area contributed by atoms with Crippen molar-refractivity contribution in [2.45, 2.75) is 17.5 Å². The third-order valence-electron chi connectivity index (χ3n) is 3.77. The Labute approximate surface area is 159 Å². The van der Waals surface area contributed by atoms with Crippen LogP contribution >= 0.6 is 23.4 Å². The zero-order valence-corrected chi connectivity index (χ0v) is 15.5. The summed E-state index contributed by atoms with van der Waals surface area (Å²) in [5.41, 5.74) is 1.01. The number of aromatic nitrogens is 3. The zero-order chi connectivity index (χ0) is 18.5. The highest BCUT2D eigenvalue weighted by atomic mass is 35.5. The van der Waals surface area contributed by atoms with Crippen LogP contribution in [0.25, 0.3) is 0 Å². The van der Waals surface area contributed by atoms with Crippen LogP contribution < -0.4 is 5.32 Å². The number of halogens is 2. The lowest BCUT2D eigenvalue weighted by atomic mass is 10.2. The van der Waals surface area contributed by atoms with Crippen molar-refractivity contribution in [1.29, 1.82) is 0 Å². The minimum Gasteiger partial charge on any atom is -0.345 e. The Kier molecular flexibility index (Phi) is 5.90. The Morgan fingerprint density at radius 1 is 1.19 bits per heavy atom. The lowest BCUT2D eigenvalue weighted by Gasteiger charge is -2.07. The highest BCUT2D eigenvalue weighted by Gasteiger charge is 2.14. The predicted molar refractivity (Wildman–Crippen MR) is 99.6 cm³/mol. The number of benzene rings is 2. The molecule has 1 heterocycles. The van der Waals surface area contributed by atoms with Crippen LogP contribution in [0, 0.1) is 5.82 Å². The van der Waals surface area contributed by atoms with Crippen LogP contribution in [0.2, 0.25) is 5.02 Å².